The summed E-state index contributed by atoms with van der Waals surface area (Å²) in [7, 11) is 0. The van der Waals surface area contributed by atoms with Crippen LogP contribution in [-0.2, 0) is 0 Å². The number of ketones is 1. The summed E-state index contributed by atoms with van der Waals surface area (Å²) in [5.74, 6) is 0.248. The van der Waals surface area contributed by atoms with Crippen molar-refractivity contribution >= 4 is 50.4 Å². The Hall–Kier alpha value is -2.31. The Balaban J connectivity index is 1.60. The summed E-state index contributed by atoms with van der Waals surface area (Å²) in [6.45, 7) is 8.03. The highest BCUT2D eigenvalue weighted by Crippen LogP contribution is 2.40. The van der Waals surface area contributed by atoms with E-state index in [1.54, 1.807) is 12.1 Å². The van der Waals surface area contributed by atoms with Crippen LogP contribution in [-0.4, -0.2) is 41.3 Å². The van der Waals surface area contributed by atoms with Crippen LogP contribution in [0.3, 0.4) is 0 Å². The highest BCUT2D eigenvalue weighted by atomic mass is 79.9. The van der Waals surface area contributed by atoms with Gasteiger partial charge in [0, 0.05) is 23.9 Å². The van der Waals surface area contributed by atoms with Gasteiger partial charge in [-0.2, -0.15) is 0 Å². The van der Waals surface area contributed by atoms with Crippen molar-refractivity contribution in [2.45, 2.75) is 33.1 Å². The summed E-state index contributed by atoms with van der Waals surface area (Å²) >= 11 is 16.9. The average Bonchev–Trinajstić information content (AvgIpc) is 3.20. The molecule has 194 valence electrons. The number of hydrogen-bond donors (Lipinski definition) is 0. The first-order valence-electron chi connectivity index (χ1n) is 12.7. The maximum absolute atomic E-state index is 13.9. The number of hydrogen-bond acceptors (Lipinski definition) is 3. The van der Waals surface area contributed by atoms with E-state index in [1.165, 1.54) is 0 Å². The molecule has 0 amide bonds. The van der Waals surface area contributed by atoms with E-state index in [9.17, 15) is 4.79 Å². The molecular weight excluding hydrogens is 571 g/mol. The molecule has 0 aliphatic carbocycles. The van der Waals surface area contributed by atoms with Crippen molar-refractivity contribution in [3.05, 3.63) is 92.6 Å². The lowest BCUT2D eigenvalue weighted by molar-refractivity contribution is 0.103. The van der Waals surface area contributed by atoms with Crippen LogP contribution in [0.25, 0.3) is 16.6 Å². The Labute approximate surface area is 237 Å². The monoisotopic (exact) mass is 600 g/mol. The smallest absolute Gasteiger partial charge is 0.210 e. The molecule has 0 aliphatic rings. The minimum Gasteiger partial charge on any atom is -0.490 e. The van der Waals surface area contributed by atoms with Gasteiger partial charge in [0.05, 0.1) is 26.6 Å². The second kappa shape index (κ2) is 13.0. The quantitative estimate of drug-likeness (QED) is 0.120. The average molecular weight is 602 g/mol. The zero-order chi connectivity index (χ0) is 26.4. The molecule has 4 aromatic rings. The normalized spacial score (nSPS) is 11.4. The van der Waals surface area contributed by atoms with Crippen LogP contribution in [0.1, 0.15) is 49.2 Å². The van der Waals surface area contributed by atoms with E-state index in [2.05, 4.69) is 34.7 Å². The third-order valence-electron chi connectivity index (χ3n) is 6.26. The highest BCUT2D eigenvalue weighted by molar-refractivity contribution is 9.10. The van der Waals surface area contributed by atoms with Gasteiger partial charge in [0.2, 0.25) is 5.78 Å². The molecule has 2 aromatic carbocycles. The lowest BCUT2D eigenvalue weighted by Gasteiger charge is -2.21. The minimum absolute atomic E-state index is 0.170. The lowest BCUT2D eigenvalue weighted by atomic mass is 10.00. The van der Waals surface area contributed by atoms with Gasteiger partial charge in [-0.05, 0) is 78.1 Å². The molecule has 0 bridgehead atoms. The summed E-state index contributed by atoms with van der Waals surface area (Å²) in [5, 5.41) is 0.659. The van der Waals surface area contributed by atoms with E-state index in [4.69, 9.17) is 27.9 Å². The van der Waals surface area contributed by atoms with Crippen molar-refractivity contribution in [2.24, 2.45) is 0 Å². The van der Waals surface area contributed by atoms with Crippen molar-refractivity contribution in [2.75, 3.05) is 26.2 Å². The zero-order valence-electron chi connectivity index (χ0n) is 21.1. The van der Waals surface area contributed by atoms with E-state index < -0.39 is 0 Å². The minimum atomic E-state index is -0.170. The van der Waals surface area contributed by atoms with Crippen LogP contribution in [0.15, 0.2) is 71.3 Å². The first kappa shape index (κ1) is 27.7. The van der Waals surface area contributed by atoms with Gasteiger partial charge in [0.1, 0.15) is 5.69 Å². The maximum atomic E-state index is 13.9. The molecule has 4 nitrogen and oxygen atoms in total. The molecule has 4 rings (SSSR count). The van der Waals surface area contributed by atoms with Gasteiger partial charge in [0.25, 0.3) is 0 Å². The van der Waals surface area contributed by atoms with E-state index in [0.29, 0.717) is 33.7 Å². The Bertz CT molecular complexity index is 1340. The number of rotatable bonds is 12. The maximum Gasteiger partial charge on any atom is 0.210 e. The first-order valence-corrected chi connectivity index (χ1v) is 14.2. The third kappa shape index (κ3) is 6.23. The van der Waals surface area contributed by atoms with Crippen LogP contribution in [0.2, 0.25) is 10.0 Å². The fraction of sp³-hybridized carbons (Fsp3) is 0.300. The fourth-order valence-corrected chi connectivity index (χ4v) is 5.99. The number of benzene rings is 2. The van der Waals surface area contributed by atoms with Crippen molar-refractivity contribution in [1.29, 1.82) is 0 Å². The number of fused-ring (bicyclic) bond motifs is 1. The number of halogens is 3. The molecule has 7 heteroatoms. The number of carbonyl (C=O) groups is 1. The molecule has 0 saturated heterocycles. The second-order valence-electron chi connectivity index (χ2n) is 9.00. The van der Waals surface area contributed by atoms with E-state index >= 15 is 0 Å². The summed E-state index contributed by atoms with van der Waals surface area (Å²) in [5.41, 5.74) is 3.63. The third-order valence-corrected chi connectivity index (χ3v) is 7.63. The Morgan fingerprint density at radius 1 is 0.946 bits per heavy atom. The fourth-order valence-electron chi connectivity index (χ4n) is 4.66. The second-order valence-corrected chi connectivity index (χ2v) is 10.6. The summed E-state index contributed by atoms with van der Waals surface area (Å²) in [6, 6.07) is 19.0. The highest BCUT2D eigenvalue weighted by Gasteiger charge is 2.25. The SMILES string of the molecule is CCCN(CCC)CCCOc1c(Cl)cc(C(=O)c2c(-c3ccccc3)c(Br)c3ccccn23)cc1Cl. The van der Waals surface area contributed by atoms with Gasteiger partial charge in [-0.1, -0.05) is 73.4 Å². The lowest BCUT2D eigenvalue weighted by Crippen LogP contribution is -2.27. The first-order chi connectivity index (χ1) is 18.0. The van der Waals surface area contributed by atoms with E-state index in [1.807, 2.05) is 59.1 Å². The van der Waals surface area contributed by atoms with Crippen molar-refractivity contribution in [1.82, 2.24) is 9.30 Å². The molecule has 0 unspecified atom stereocenters. The van der Waals surface area contributed by atoms with Crippen molar-refractivity contribution in [3.63, 3.8) is 0 Å². The van der Waals surface area contributed by atoms with Crippen LogP contribution in [0, 0.1) is 0 Å². The predicted molar refractivity (Wildman–Crippen MR) is 158 cm³/mol. The number of pyridine rings is 1. The van der Waals surface area contributed by atoms with Crippen molar-refractivity contribution < 1.29 is 9.53 Å². The number of carbonyl (C=O) groups excluding carboxylic acids is 1. The van der Waals surface area contributed by atoms with Gasteiger partial charge in [-0.3, -0.25) is 4.79 Å². The van der Waals surface area contributed by atoms with E-state index in [-0.39, 0.29) is 5.78 Å². The van der Waals surface area contributed by atoms with Gasteiger partial charge >= 0.3 is 0 Å². The predicted octanol–water partition coefficient (Wildman–Crippen LogP) is 8.80. The van der Waals surface area contributed by atoms with Gasteiger partial charge in [-0.25, -0.2) is 0 Å². The zero-order valence-corrected chi connectivity index (χ0v) is 24.2. The number of nitrogens with zero attached hydrogens (tertiary/aromatic N) is 2. The summed E-state index contributed by atoms with van der Waals surface area (Å²) in [6.07, 6.45) is 5.03. The number of ether oxygens (including phenoxy) is 1. The van der Waals surface area contributed by atoms with Crippen molar-refractivity contribution in [3.8, 4) is 16.9 Å². The number of aromatic nitrogens is 1. The summed E-state index contributed by atoms with van der Waals surface area (Å²) < 4.78 is 8.73. The molecular formula is C30H31BrCl2N2O2. The largest absolute Gasteiger partial charge is 0.490 e. The van der Waals surface area contributed by atoms with Crippen LogP contribution in [0.5, 0.6) is 5.75 Å². The molecule has 0 radical (unpaired) electrons. The standard InChI is InChI=1S/C30H31BrCl2N2O2/c1-3-14-34(15-4-2)16-10-18-37-30-23(32)19-22(20-24(30)33)29(36)28-26(21-11-6-5-7-12-21)27(31)25-13-8-9-17-35(25)28/h5-9,11-13,17,19-20H,3-4,10,14-16,18H2,1-2H3. The van der Waals surface area contributed by atoms with E-state index in [0.717, 1.165) is 60.0 Å². The molecule has 2 aromatic heterocycles. The molecule has 2 heterocycles. The molecule has 0 saturated carbocycles. The molecule has 37 heavy (non-hydrogen) atoms. The Morgan fingerprint density at radius 3 is 2.24 bits per heavy atom. The summed E-state index contributed by atoms with van der Waals surface area (Å²) in [4.78, 5) is 16.4. The Morgan fingerprint density at radius 2 is 1.59 bits per heavy atom. The molecule has 0 spiro atoms. The topological polar surface area (TPSA) is 34.0 Å². The molecule has 0 fully saturated rings. The molecule has 0 aliphatic heterocycles. The van der Waals surface area contributed by atoms with Gasteiger partial charge in [0.15, 0.2) is 5.75 Å². The van der Waals surface area contributed by atoms with Gasteiger partial charge < -0.3 is 14.0 Å². The van der Waals surface area contributed by atoms with Crippen LogP contribution >= 0.6 is 39.1 Å². The van der Waals surface area contributed by atoms with Gasteiger partial charge in [-0.15, -0.1) is 0 Å². The van der Waals surface area contributed by atoms with Crippen LogP contribution in [0.4, 0.5) is 0 Å². The Kier molecular flexibility index (Phi) is 9.71. The molecule has 0 N–H and O–H groups in total. The molecule has 0 atom stereocenters. The van der Waals surface area contributed by atoms with Crippen LogP contribution < -0.4 is 4.74 Å².